The van der Waals surface area contributed by atoms with Gasteiger partial charge in [0.25, 0.3) is 0 Å². The Morgan fingerprint density at radius 2 is 2.31 bits per heavy atom. The second kappa shape index (κ2) is 3.47. The van der Waals surface area contributed by atoms with Gasteiger partial charge in [0.2, 0.25) is 0 Å². The highest BCUT2D eigenvalue weighted by Gasteiger charge is 2.28. The summed E-state index contributed by atoms with van der Waals surface area (Å²) < 4.78 is 1.87. The topological polar surface area (TPSA) is 64.1 Å². The molecule has 4 heteroatoms. The summed E-state index contributed by atoms with van der Waals surface area (Å²) in [6, 6.07) is 0. The summed E-state index contributed by atoms with van der Waals surface area (Å²) in [5.74, 6) is 0.885. The zero-order chi connectivity index (χ0) is 10.1. The number of nitrogens with zero attached hydrogens (tertiary/aromatic N) is 2. The number of rotatable bonds is 3. The van der Waals surface area contributed by atoms with E-state index in [4.69, 9.17) is 5.73 Å². The molecule has 3 N–H and O–H groups in total. The molecule has 0 bridgehead atoms. The maximum atomic E-state index is 10.1. The molecule has 1 rings (SSSR count). The molecular weight excluding hydrogens is 166 g/mol. The van der Waals surface area contributed by atoms with Crippen LogP contribution in [0.3, 0.4) is 0 Å². The molecule has 4 nitrogen and oxygen atoms in total. The Bertz CT molecular complexity index is 289. The average Bonchev–Trinajstić information content (AvgIpc) is 2.47. The highest BCUT2D eigenvalue weighted by Crippen LogP contribution is 2.23. The lowest BCUT2D eigenvalue weighted by Crippen LogP contribution is -2.36. The van der Waals surface area contributed by atoms with E-state index in [9.17, 15) is 5.11 Å². The minimum absolute atomic E-state index is 0.225. The first-order valence-corrected chi connectivity index (χ1v) is 4.46. The van der Waals surface area contributed by atoms with E-state index in [2.05, 4.69) is 4.98 Å². The fraction of sp³-hybridized carbons (Fsp3) is 0.667. The van der Waals surface area contributed by atoms with Crippen molar-refractivity contribution in [1.29, 1.82) is 0 Å². The van der Waals surface area contributed by atoms with Crippen molar-refractivity contribution in [3.8, 4) is 0 Å². The highest BCUT2D eigenvalue weighted by atomic mass is 16.3. The third-order valence-electron chi connectivity index (χ3n) is 2.62. The van der Waals surface area contributed by atoms with Gasteiger partial charge in [-0.3, -0.25) is 0 Å². The van der Waals surface area contributed by atoms with E-state index in [0.29, 0.717) is 6.42 Å². The number of aromatic nitrogens is 2. The van der Waals surface area contributed by atoms with Gasteiger partial charge in [-0.25, -0.2) is 4.98 Å². The summed E-state index contributed by atoms with van der Waals surface area (Å²) in [5.41, 5.74) is 5.39. The molecule has 0 radical (unpaired) electrons. The van der Waals surface area contributed by atoms with Crippen LogP contribution in [0.15, 0.2) is 6.20 Å². The van der Waals surface area contributed by atoms with Gasteiger partial charge in [-0.2, -0.15) is 0 Å². The number of aryl methyl sites for hydroxylation is 1. The van der Waals surface area contributed by atoms with Gasteiger partial charge < -0.3 is 15.4 Å². The quantitative estimate of drug-likeness (QED) is 0.707. The van der Waals surface area contributed by atoms with E-state index in [0.717, 1.165) is 11.5 Å². The van der Waals surface area contributed by atoms with Crippen molar-refractivity contribution in [2.45, 2.75) is 25.9 Å². The van der Waals surface area contributed by atoms with Crippen LogP contribution in [-0.4, -0.2) is 21.2 Å². The molecule has 1 atom stereocenters. The van der Waals surface area contributed by atoms with Crippen molar-refractivity contribution in [2.24, 2.45) is 12.8 Å². The van der Waals surface area contributed by atoms with Gasteiger partial charge in [0.05, 0.1) is 11.9 Å². The molecule has 1 heterocycles. The maximum absolute atomic E-state index is 10.1. The Hall–Kier alpha value is -0.870. The Morgan fingerprint density at radius 3 is 2.62 bits per heavy atom. The zero-order valence-electron chi connectivity index (χ0n) is 8.41. The largest absolute Gasteiger partial charge is 0.382 e. The number of hydrogen-bond acceptors (Lipinski definition) is 3. The zero-order valence-corrected chi connectivity index (χ0v) is 8.41. The molecule has 0 aliphatic heterocycles. The summed E-state index contributed by atoms with van der Waals surface area (Å²) >= 11 is 0. The van der Waals surface area contributed by atoms with E-state index in [1.807, 2.05) is 25.5 Å². The minimum Gasteiger partial charge on any atom is -0.382 e. The lowest BCUT2D eigenvalue weighted by atomic mass is 9.97. The van der Waals surface area contributed by atoms with Crippen LogP contribution in [0.4, 0.5) is 0 Å². The minimum atomic E-state index is -0.935. The van der Waals surface area contributed by atoms with Crippen LogP contribution in [0.2, 0.25) is 0 Å². The van der Waals surface area contributed by atoms with Crippen LogP contribution in [0.1, 0.15) is 24.9 Å². The molecule has 1 aromatic rings. The second-order valence-corrected chi connectivity index (χ2v) is 3.34. The van der Waals surface area contributed by atoms with Crippen molar-refractivity contribution in [3.05, 3.63) is 17.7 Å². The average molecular weight is 183 g/mol. The van der Waals surface area contributed by atoms with E-state index in [1.165, 1.54) is 0 Å². The van der Waals surface area contributed by atoms with Crippen molar-refractivity contribution >= 4 is 0 Å². The maximum Gasteiger partial charge on any atom is 0.118 e. The van der Waals surface area contributed by atoms with Gasteiger partial charge in [0, 0.05) is 13.6 Å². The first-order valence-electron chi connectivity index (χ1n) is 4.46. The molecule has 13 heavy (non-hydrogen) atoms. The SMILES string of the molecule is CCC(O)(CN)c1cnc(C)n1C. The van der Waals surface area contributed by atoms with Gasteiger partial charge >= 0.3 is 0 Å². The molecule has 0 amide bonds. The summed E-state index contributed by atoms with van der Waals surface area (Å²) in [4.78, 5) is 4.13. The first-order chi connectivity index (χ1) is 6.05. The summed E-state index contributed by atoms with van der Waals surface area (Å²) in [6.07, 6.45) is 2.29. The van der Waals surface area contributed by atoms with E-state index >= 15 is 0 Å². The number of hydrogen-bond donors (Lipinski definition) is 2. The number of nitrogens with two attached hydrogens (primary N) is 1. The lowest BCUT2D eigenvalue weighted by Gasteiger charge is -2.25. The Kier molecular flexibility index (Phi) is 2.73. The summed E-state index contributed by atoms with van der Waals surface area (Å²) in [5, 5.41) is 10.1. The molecule has 74 valence electrons. The van der Waals surface area contributed by atoms with E-state index in [1.54, 1.807) is 6.20 Å². The smallest absolute Gasteiger partial charge is 0.118 e. The summed E-state index contributed by atoms with van der Waals surface area (Å²) in [7, 11) is 1.88. The van der Waals surface area contributed by atoms with Crippen LogP contribution < -0.4 is 5.73 Å². The van der Waals surface area contributed by atoms with Gasteiger partial charge in [-0.15, -0.1) is 0 Å². The standard InChI is InChI=1S/C9H17N3O/c1-4-9(13,6-10)8-5-11-7(2)12(8)3/h5,13H,4,6,10H2,1-3H3. The molecule has 1 aromatic heterocycles. The Morgan fingerprint density at radius 1 is 1.69 bits per heavy atom. The van der Waals surface area contributed by atoms with Crippen LogP contribution in [-0.2, 0) is 12.6 Å². The molecule has 0 aliphatic carbocycles. The Balaban J connectivity index is 3.12. The molecule has 0 aromatic carbocycles. The van der Waals surface area contributed by atoms with Crippen molar-refractivity contribution in [2.75, 3.05) is 6.54 Å². The van der Waals surface area contributed by atoms with Crippen LogP contribution in [0.25, 0.3) is 0 Å². The van der Waals surface area contributed by atoms with Crippen LogP contribution >= 0.6 is 0 Å². The molecule has 0 saturated heterocycles. The monoisotopic (exact) mass is 183 g/mol. The van der Waals surface area contributed by atoms with Crippen molar-refractivity contribution < 1.29 is 5.11 Å². The van der Waals surface area contributed by atoms with Gasteiger partial charge in [0.1, 0.15) is 11.4 Å². The second-order valence-electron chi connectivity index (χ2n) is 3.34. The fourth-order valence-electron chi connectivity index (χ4n) is 1.36. The predicted molar refractivity (Wildman–Crippen MR) is 51.2 cm³/mol. The third-order valence-corrected chi connectivity index (χ3v) is 2.62. The highest BCUT2D eigenvalue weighted by molar-refractivity contribution is 5.13. The number of imidazole rings is 1. The van der Waals surface area contributed by atoms with Gasteiger partial charge in [-0.05, 0) is 13.3 Å². The van der Waals surface area contributed by atoms with Crippen molar-refractivity contribution in [3.63, 3.8) is 0 Å². The van der Waals surface area contributed by atoms with Gasteiger partial charge in [-0.1, -0.05) is 6.92 Å². The molecule has 0 aliphatic rings. The molecule has 0 saturated carbocycles. The fourth-order valence-corrected chi connectivity index (χ4v) is 1.36. The van der Waals surface area contributed by atoms with E-state index in [-0.39, 0.29) is 6.54 Å². The Labute approximate surface area is 78.4 Å². The van der Waals surface area contributed by atoms with Crippen LogP contribution in [0.5, 0.6) is 0 Å². The third kappa shape index (κ3) is 1.59. The van der Waals surface area contributed by atoms with E-state index < -0.39 is 5.60 Å². The number of aliphatic hydroxyl groups is 1. The van der Waals surface area contributed by atoms with Crippen molar-refractivity contribution in [1.82, 2.24) is 9.55 Å². The molecule has 0 fully saturated rings. The predicted octanol–water partition coefficient (Wildman–Crippen LogP) is 0.285. The summed E-state index contributed by atoms with van der Waals surface area (Å²) in [6.45, 7) is 4.04. The first kappa shape index (κ1) is 10.2. The molecule has 0 spiro atoms. The van der Waals surface area contributed by atoms with Crippen LogP contribution in [0, 0.1) is 6.92 Å². The molecule has 1 unspecified atom stereocenters. The lowest BCUT2D eigenvalue weighted by molar-refractivity contribution is 0.0344. The normalized spacial score (nSPS) is 15.8. The molecular formula is C9H17N3O. The van der Waals surface area contributed by atoms with Gasteiger partial charge in [0.15, 0.2) is 0 Å².